The quantitative estimate of drug-likeness (QED) is 0.740. The van der Waals surface area contributed by atoms with Crippen molar-refractivity contribution in [1.29, 1.82) is 0 Å². The molecule has 2 amide bonds. The predicted molar refractivity (Wildman–Crippen MR) is 112 cm³/mol. The number of carboxylic acid groups (broad SMARTS) is 1. The second kappa shape index (κ2) is 9.43. The molecular formula is C22H22N2O4S. The Hall–Kier alpha value is -3.06. The summed E-state index contributed by atoms with van der Waals surface area (Å²) >= 11 is 1.36. The summed E-state index contributed by atoms with van der Waals surface area (Å²) in [5.41, 5.74) is 1.06. The molecule has 2 aliphatic heterocycles. The molecule has 2 N–H and O–H groups in total. The topological polar surface area (TPSA) is 86.7 Å². The van der Waals surface area contributed by atoms with Crippen molar-refractivity contribution in [3.8, 4) is 0 Å². The lowest BCUT2D eigenvalue weighted by molar-refractivity contribution is -0.148. The summed E-state index contributed by atoms with van der Waals surface area (Å²) in [4.78, 5) is 36.7. The molecule has 4 rings (SSSR count). The highest BCUT2D eigenvalue weighted by atomic mass is 32.2. The van der Waals surface area contributed by atoms with Crippen LogP contribution in [0.3, 0.4) is 0 Å². The fourth-order valence-corrected chi connectivity index (χ4v) is 4.54. The number of fused-ring (bicyclic) bond motifs is 1. The molecule has 7 heteroatoms. The Morgan fingerprint density at radius 3 is 2.10 bits per heavy atom. The molecule has 2 aromatic carbocycles. The number of nitrogens with zero attached hydrogens (tertiary/aromatic N) is 1. The third-order valence-electron chi connectivity index (χ3n) is 4.59. The van der Waals surface area contributed by atoms with Crippen LogP contribution >= 0.6 is 11.8 Å². The molecule has 2 aromatic rings. The smallest absolute Gasteiger partial charge is 0.353 e. The minimum Gasteiger partial charge on any atom is -0.477 e. The third kappa shape index (κ3) is 4.86. The molecule has 6 nitrogen and oxygen atoms in total. The highest BCUT2D eigenvalue weighted by Crippen LogP contribution is 2.44. The first-order valence-electron chi connectivity index (χ1n) is 9.22. The van der Waals surface area contributed by atoms with Gasteiger partial charge in [0, 0.05) is 17.6 Å². The van der Waals surface area contributed by atoms with Crippen LogP contribution in [0.1, 0.15) is 18.9 Å². The summed E-state index contributed by atoms with van der Waals surface area (Å²) in [5, 5.41) is 12.3. The van der Waals surface area contributed by atoms with E-state index >= 15 is 0 Å². The van der Waals surface area contributed by atoms with Gasteiger partial charge < -0.3 is 10.4 Å². The van der Waals surface area contributed by atoms with Crippen LogP contribution in [-0.4, -0.2) is 39.9 Å². The van der Waals surface area contributed by atoms with Gasteiger partial charge in [0.2, 0.25) is 11.8 Å². The van der Waals surface area contributed by atoms with Crippen molar-refractivity contribution in [2.75, 3.05) is 0 Å². The minimum atomic E-state index is -1.13. The number of benzene rings is 2. The van der Waals surface area contributed by atoms with E-state index in [2.05, 4.69) is 5.32 Å². The van der Waals surface area contributed by atoms with Crippen molar-refractivity contribution >= 4 is 29.5 Å². The monoisotopic (exact) mass is 410 g/mol. The van der Waals surface area contributed by atoms with Crippen LogP contribution in [0.25, 0.3) is 0 Å². The van der Waals surface area contributed by atoms with Gasteiger partial charge in [-0.1, -0.05) is 66.7 Å². The Balaban J connectivity index is 0.000000343. The number of rotatable bonds is 5. The third-order valence-corrected chi connectivity index (χ3v) is 5.83. The van der Waals surface area contributed by atoms with E-state index in [9.17, 15) is 19.5 Å². The Morgan fingerprint density at radius 1 is 1.07 bits per heavy atom. The molecule has 0 saturated carbocycles. The molecule has 0 aromatic heterocycles. The summed E-state index contributed by atoms with van der Waals surface area (Å²) < 4.78 is 0. The van der Waals surface area contributed by atoms with Crippen molar-refractivity contribution in [3.05, 3.63) is 82.9 Å². The van der Waals surface area contributed by atoms with Crippen molar-refractivity contribution in [3.63, 3.8) is 0 Å². The first-order chi connectivity index (χ1) is 14.0. The molecule has 29 heavy (non-hydrogen) atoms. The van der Waals surface area contributed by atoms with Crippen LogP contribution in [0, 0.1) is 0 Å². The van der Waals surface area contributed by atoms with Crippen LogP contribution in [0.2, 0.25) is 0 Å². The van der Waals surface area contributed by atoms with Gasteiger partial charge in [-0.3, -0.25) is 14.5 Å². The van der Waals surface area contributed by atoms with Crippen molar-refractivity contribution in [2.45, 2.75) is 31.2 Å². The summed E-state index contributed by atoms with van der Waals surface area (Å²) in [6.45, 7) is 1.39. The van der Waals surface area contributed by atoms with Gasteiger partial charge in [-0.2, -0.15) is 0 Å². The van der Waals surface area contributed by atoms with Crippen LogP contribution in [-0.2, 0) is 20.1 Å². The lowest BCUT2D eigenvalue weighted by Crippen LogP contribution is -2.57. The van der Waals surface area contributed by atoms with E-state index in [0.717, 1.165) is 5.56 Å². The molecule has 2 unspecified atom stereocenters. The average Bonchev–Trinajstić information content (AvgIpc) is 2.96. The standard InChI is InChI=1S/C16H16N2O4S.C6H6/c1-9(19)17-13-11-7-12(20)18(11)14(16(21)22)15(13)23-8-10-5-3-2-4-6-10;1-2-4-6-5-3-1/h2-6,11,13H,7-8H2,1H3,(H,17,19)(H,21,22);1-6H. The molecule has 0 aliphatic carbocycles. The van der Waals surface area contributed by atoms with E-state index in [1.165, 1.54) is 23.6 Å². The maximum absolute atomic E-state index is 11.8. The minimum absolute atomic E-state index is 0.00549. The summed E-state index contributed by atoms with van der Waals surface area (Å²) in [6, 6.07) is 20.9. The maximum Gasteiger partial charge on any atom is 0.353 e. The number of thioether (sulfide) groups is 1. The lowest BCUT2D eigenvalue weighted by atomic mass is 9.98. The molecule has 2 atom stereocenters. The number of carbonyl (C=O) groups excluding carboxylic acids is 2. The van der Waals surface area contributed by atoms with Crippen LogP contribution in [0.15, 0.2) is 77.3 Å². The molecule has 150 valence electrons. The van der Waals surface area contributed by atoms with Crippen LogP contribution in [0.5, 0.6) is 0 Å². The Morgan fingerprint density at radius 2 is 1.62 bits per heavy atom. The van der Waals surface area contributed by atoms with Crippen LogP contribution < -0.4 is 5.32 Å². The number of β-lactam (4-membered cyclic amide) rings is 1. The van der Waals surface area contributed by atoms with E-state index in [0.29, 0.717) is 10.7 Å². The fraction of sp³-hybridized carbons (Fsp3) is 0.227. The van der Waals surface area contributed by atoms with E-state index < -0.39 is 12.0 Å². The van der Waals surface area contributed by atoms with E-state index in [1.807, 2.05) is 66.7 Å². The fourth-order valence-electron chi connectivity index (χ4n) is 3.31. The van der Waals surface area contributed by atoms with Gasteiger partial charge in [-0.15, -0.1) is 11.8 Å². The maximum atomic E-state index is 11.8. The van der Waals surface area contributed by atoms with Crippen molar-refractivity contribution in [2.24, 2.45) is 0 Å². The molecule has 2 aliphatic rings. The van der Waals surface area contributed by atoms with Gasteiger partial charge in [0.25, 0.3) is 0 Å². The number of carboxylic acids is 1. The number of amides is 2. The predicted octanol–water partition coefficient (Wildman–Crippen LogP) is 3.02. The zero-order valence-electron chi connectivity index (χ0n) is 15.9. The zero-order chi connectivity index (χ0) is 20.8. The lowest BCUT2D eigenvalue weighted by Gasteiger charge is -2.38. The van der Waals surface area contributed by atoms with Crippen LogP contribution in [0.4, 0.5) is 0 Å². The number of nitrogens with one attached hydrogen (secondary N) is 1. The zero-order valence-corrected chi connectivity index (χ0v) is 16.8. The number of aliphatic carboxylic acids is 1. The molecular weight excluding hydrogens is 388 g/mol. The second-order valence-corrected chi connectivity index (χ2v) is 7.68. The Bertz CT molecular complexity index is 888. The SMILES string of the molecule is CC(=O)NC1C(SCc2ccccc2)=C(C(=O)O)N2C(=O)CC12.c1ccccc1. The second-order valence-electron chi connectivity index (χ2n) is 6.66. The molecule has 1 saturated heterocycles. The number of hydrogen-bond acceptors (Lipinski definition) is 4. The van der Waals surface area contributed by atoms with E-state index in [1.54, 1.807) is 0 Å². The van der Waals surface area contributed by atoms with Crippen molar-refractivity contribution in [1.82, 2.24) is 10.2 Å². The first-order valence-corrected chi connectivity index (χ1v) is 10.2. The van der Waals surface area contributed by atoms with Crippen molar-refractivity contribution < 1.29 is 19.5 Å². The van der Waals surface area contributed by atoms with E-state index in [-0.39, 0.29) is 30.0 Å². The summed E-state index contributed by atoms with van der Waals surface area (Å²) in [5.74, 6) is -0.999. The van der Waals surface area contributed by atoms with Gasteiger partial charge in [0.05, 0.1) is 18.5 Å². The number of hydrogen-bond donors (Lipinski definition) is 2. The molecule has 0 radical (unpaired) electrons. The van der Waals surface area contributed by atoms with Gasteiger partial charge in [-0.05, 0) is 5.56 Å². The van der Waals surface area contributed by atoms with E-state index in [4.69, 9.17) is 0 Å². The highest BCUT2D eigenvalue weighted by molar-refractivity contribution is 8.02. The van der Waals surface area contributed by atoms with Gasteiger partial charge in [0.1, 0.15) is 5.70 Å². The Labute approximate surface area is 173 Å². The van der Waals surface area contributed by atoms with Gasteiger partial charge >= 0.3 is 5.97 Å². The van der Waals surface area contributed by atoms with Gasteiger partial charge in [0.15, 0.2) is 0 Å². The number of carbonyl (C=O) groups is 3. The molecule has 1 fully saturated rings. The summed E-state index contributed by atoms with van der Waals surface area (Å²) in [6.07, 6.45) is 0.261. The molecule has 2 heterocycles. The molecule has 0 bridgehead atoms. The van der Waals surface area contributed by atoms with Gasteiger partial charge in [-0.25, -0.2) is 4.79 Å². The Kier molecular flexibility index (Phi) is 6.72. The normalized spacial score (nSPS) is 19.6. The summed E-state index contributed by atoms with van der Waals surface area (Å²) in [7, 11) is 0. The highest BCUT2D eigenvalue weighted by Gasteiger charge is 2.53. The molecule has 0 spiro atoms. The average molecular weight is 410 g/mol. The first kappa shape index (κ1) is 20.7. The largest absolute Gasteiger partial charge is 0.477 e.